The van der Waals surface area contributed by atoms with Crippen molar-refractivity contribution < 1.29 is 13.6 Å². The molecule has 5 nitrogen and oxygen atoms in total. The van der Waals surface area contributed by atoms with Crippen LogP contribution in [0.5, 0.6) is 0 Å². The molecule has 1 amide bonds. The van der Waals surface area contributed by atoms with Gasteiger partial charge in [-0.2, -0.15) is 8.78 Å². The van der Waals surface area contributed by atoms with E-state index in [1.165, 1.54) is 0 Å². The van der Waals surface area contributed by atoms with Crippen molar-refractivity contribution in [3.8, 4) is 0 Å². The smallest absolute Gasteiger partial charge is 0.315 e. The Morgan fingerprint density at radius 3 is 2.60 bits per heavy atom. The Kier molecular flexibility index (Phi) is 5.55. The minimum absolute atomic E-state index is 0.398. The van der Waals surface area contributed by atoms with E-state index < -0.39 is 12.3 Å². The molecule has 1 saturated heterocycles. The van der Waals surface area contributed by atoms with Gasteiger partial charge in [-0.1, -0.05) is 18.2 Å². The number of anilines is 2. The van der Waals surface area contributed by atoms with E-state index in [0.717, 1.165) is 37.6 Å². The molecule has 1 aromatic heterocycles. The molecule has 1 fully saturated rings. The van der Waals surface area contributed by atoms with Crippen LogP contribution >= 0.6 is 0 Å². The third-order valence-electron chi connectivity index (χ3n) is 4.14. The van der Waals surface area contributed by atoms with Crippen LogP contribution in [0.2, 0.25) is 0 Å². The van der Waals surface area contributed by atoms with Crippen LogP contribution in [0.4, 0.5) is 20.3 Å². The molecular formula is C18H20F2N4O. The number of hydrogen-bond donors (Lipinski definition) is 1. The third kappa shape index (κ3) is 4.73. The second kappa shape index (κ2) is 8.02. The number of carbonyl (C=O) groups excluding carboxylic acids is 1. The summed E-state index contributed by atoms with van der Waals surface area (Å²) in [6, 6.07) is 12.9. The molecule has 0 unspecified atom stereocenters. The average molecular weight is 346 g/mol. The van der Waals surface area contributed by atoms with Gasteiger partial charge in [0.2, 0.25) is 0 Å². The lowest BCUT2D eigenvalue weighted by Crippen LogP contribution is -2.46. The zero-order valence-electron chi connectivity index (χ0n) is 13.7. The van der Waals surface area contributed by atoms with Gasteiger partial charge in [0.15, 0.2) is 0 Å². The van der Waals surface area contributed by atoms with Gasteiger partial charge >= 0.3 is 6.43 Å². The Bertz CT molecular complexity index is 703. The Hall–Kier alpha value is -2.54. The summed E-state index contributed by atoms with van der Waals surface area (Å²) in [5.74, 6) is -0.292. The van der Waals surface area contributed by atoms with Gasteiger partial charge < -0.3 is 10.2 Å². The quantitative estimate of drug-likeness (QED) is 0.904. The van der Waals surface area contributed by atoms with E-state index >= 15 is 0 Å². The number of benzene rings is 1. The second-order valence-corrected chi connectivity index (χ2v) is 5.94. The van der Waals surface area contributed by atoms with Crippen LogP contribution in [-0.4, -0.2) is 48.4 Å². The first-order valence-corrected chi connectivity index (χ1v) is 8.18. The number of amides is 1. The molecule has 1 aliphatic rings. The lowest BCUT2D eigenvalue weighted by atomic mass is 10.1. The van der Waals surface area contributed by atoms with E-state index in [9.17, 15) is 13.6 Å². The van der Waals surface area contributed by atoms with Crippen LogP contribution in [0.25, 0.3) is 0 Å². The molecule has 1 aromatic carbocycles. The standard InChI is InChI=1S/C18H20F2N4O/c19-17(20)18(25)22-15-5-3-4-14(12-15)13-23-8-10-24(11-9-23)16-6-1-2-7-21-16/h1-7,12,17H,8-11,13H2,(H,22,25). The van der Waals surface area contributed by atoms with Gasteiger partial charge in [0, 0.05) is 44.6 Å². The van der Waals surface area contributed by atoms with Crippen LogP contribution in [0.1, 0.15) is 5.56 Å². The maximum Gasteiger partial charge on any atom is 0.315 e. The second-order valence-electron chi connectivity index (χ2n) is 5.94. The molecule has 2 heterocycles. The Morgan fingerprint density at radius 2 is 1.92 bits per heavy atom. The van der Waals surface area contributed by atoms with Crippen molar-refractivity contribution in [3.05, 3.63) is 54.2 Å². The highest BCUT2D eigenvalue weighted by Crippen LogP contribution is 2.17. The molecule has 0 radical (unpaired) electrons. The summed E-state index contributed by atoms with van der Waals surface area (Å²) in [4.78, 5) is 20.0. The van der Waals surface area contributed by atoms with Gasteiger partial charge in [-0.3, -0.25) is 9.69 Å². The first-order chi connectivity index (χ1) is 12.1. The highest BCUT2D eigenvalue weighted by Gasteiger charge is 2.18. The van der Waals surface area contributed by atoms with E-state index in [0.29, 0.717) is 12.2 Å². The van der Waals surface area contributed by atoms with Crippen molar-refractivity contribution in [2.45, 2.75) is 13.0 Å². The van der Waals surface area contributed by atoms with Crippen LogP contribution < -0.4 is 10.2 Å². The predicted molar refractivity (Wildman–Crippen MR) is 92.8 cm³/mol. The number of nitrogens with one attached hydrogen (secondary N) is 1. The average Bonchev–Trinajstić information content (AvgIpc) is 2.63. The van der Waals surface area contributed by atoms with Crippen LogP contribution in [-0.2, 0) is 11.3 Å². The van der Waals surface area contributed by atoms with Crippen molar-refractivity contribution in [1.82, 2.24) is 9.88 Å². The zero-order valence-corrected chi connectivity index (χ0v) is 13.7. The van der Waals surface area contributed by atoms with Crippen molar-refractivity contribution in [1.29, 1.82) is 0 Å². The fourth-order valence-corrected chi connectivity index (χ4v) is 2.88. The summed E-state index contributed by atoms with van der Waals surface area (Å²) in [6.45, 7) is 4.28. The predicted octanol–water partition coefficient (Wildman–Crippen LogP) is 2.61. The topological polar surface area (TPSA) is 48.5 Å². The maximum atomic E-state index is 12.3. The van der Waals surface area contributed by atoms with Crippen molar-refractivity contribution in [3.63, 3.8) is 0 Å². The lowest BCUT2D eigenvalue weighted by Gasteiger charge is -2.35. The van der Waals surface area contributed by atoms with E-state index in [2.05, 4.69) is 20.1 Å². The summed E-state index contributed by atoms with van der Waals surface area (Å²) < 4.78 is 24.7. The van der Waals surface area contributed by atoms with Crippen molar-refractivity contribution in [2.24, 2.45) is 0 Å². The monoisotopic (exact) mass is 346 g/mol. The molecule has 0 atom stereocenters. The first kappa shape index (κ1) is 17.3. The first-order valence-electron chi connectivity index (χ1n) is 8.18. The molecule has 1 aliphatic heterocycles. The highest BCUT2D eigenvalue weighted by atomic mass is 19.3. The zero-order chi connectivity index (χ0) is 17.6. The Morgan fingerprint density at radius 1 is 1.12 bits per heavy atom. The number of hydrogen-bond acceptors (Lipinski definition) is 4. The van der Waals surface area contributed by atoms with Crippen LogP contribution in [0.3, 0.4) is 0 Å². The number of alkyl halides is 2. The van der Waals surface area contributed by atoms with Crippen molar-refractivity contribution >= 4 is 17.4 Å². The molecule has 132 valence electrons. The molecule has 25 heavy (non-hydrogen) atoms. The summed E-state index contributed by atoms with van der Waals surface area (Å²) >= 11 is 0. The number of aromatic nitrogens is 1. The molecule has 7 heteroatoms. The fourth-order valence-electron chi connectivity index (χ4n) is 2.88. The highest BCUT2D eigenvalue weighted by molar-refractivity contribution is 5.93. The number of rotatable bonds is 5. The number of pyridine rings is 1. The molecule has 0 spiro atoms. The fraction of sp³-hybridized carbons (Fsp3) is 0.333. The molecule has 2 aromatic rings. The normalized spacial score (nSPS) is 15.4. The number of piperazine rings is 1. The van der Waals surface area contributed by atoms with Gasteiger partial charge in [0.05, 0.1) is 0 Å². The van der Waals surface area contributed by atoms with Gasteiger partial charge in [-0.15, -0.1) is 0 Å². The molecule has 1 N–H and O–H groups in total. The van der Waals surface area contributed by atoms with Gasteiger partial charge in [0.25, 0.3) is 5.91 Å². The number of nitrogens with zero attached hydrogens (tertiary/aromatic N) is 3. The van der Waals surface area contributed by atoms with Crippen molar-refractivity contribution in [2.75, 3.05) is 36.4 Å². The van der Waals surface area contributed by atoms with E-state index in [1.807, 2.05) is 24.3 Å². The molecule has 0 aliphatic carbocycles. The summed E-state index contributed by atoms with van der Waals surface area (Å²) in [5.41, 5.74) is 1.38. The molecule has 0 saturated carbocycles. The third-order valence-corrected chi connectivity index (χ3v) is 4.14. The van der Waals surface area contributed by atoms with Gasteiger partial charge in [0.1, 0.15) is 5.82 Å². The molecule has 3 rings (SSSR count). The van der Waals surface area contributed by atoms with E-state index in [-0.39, 0.29) is 0 Å². The van der Waals surface area contributed by atoms with Gasteiger partial charge in [-0.05, 0) is 29.8 Å². The summed E-state index contributed by atoms with van der Waals surface area (Å²) in [7, 11) is 0. The minimum Gasteiger partial charge on any atom is -0.354 e. The Balaban J connectivity index is 1.54. The van der Waals surface area contributed by atoms with E-state index in [1.54, 1.807) is 24.4 Å². The molecular weight excluding hydrogens is 326 g/mol. The summed E-state index contributed by atoms with van der Waals surface area (Å²) in [6.07, 6.45) is -1.22. The minimum atomic E-state index is -3.01. The SMILES string of the molecule is O=C(Nc1cccc(CN2CCN(c3ccccn3)CC2)c1)C(F)F. The van der Waals surface area contributed by atoms with Crippen LogP contribution in [0.15, 0.2) is 48.7 Å². The molecule has 0 bridgehead atoms. The lowest BCUT2D eigenvalue weighted by molar-refractivity contribution is -0.126. The van der Waals surface area contributed by atoms with Gasteiger partial charge in [-0.25, -0.2) is 4.98 Å². The number of halogens is 2. The summed E-state index contributed by atoms with van der Waals surface area (Å²) in [5, 5.41) is 2.22. The largest absolute Gasteiger partial charge is 0.354 e. The Labute approximate surface area is 145 Å². The van der Waals surface area contributed by atoms with E-state index in [4.69, 9.17) is 0 Å². The maximum absolute atomic E-state index is 12.3. The van der Waals surface area contributed by atoms with Crippen LogP contribution in [0, 0.1) is 0 Å². The number of carbonyl (C=O) groups is 1.